The Kier molecular flexibility index (Phi) is 4.59. The van der Waals surface area contributed by atoms with Crippen LogP contribution in [0.4, 0.5) is 11.4 Å². The van der Waals surface area contributed by atoms with Gasteiger partial charge in [0.2, 0.25) is 5.91 Å². The summed E-state index contributed by atoms with van der Waals surface area (Å²) in [6, 6.07) is 8.32. The van der Waals surface area contributed by atoms with E-state index in [1.165, 1.54) is 30.6 Å². The number of benzene rings is 1. The Morgan fingerprint density at radius 3 is 2.75 bits per heavy atom. The van der Waals surface area contributed by atoms with Gasteiger partial charge in [0.05, 0.1) is 6.20 Å². The maximum absolute atomic E-state index is 12.6. The molecule has 1 amide bonds. The normalized spacial score (nSPS) is 25.0. The maximum Gasteiger partial charge on any atom is 0.228 e. The highest BCUT2D eigenvalue weighted by atomic mass is 16.2. The van der Waals surface area contributed by atoms with Crippen LogP contribution in [0.25, 0.3) is 0 Å². The molecular weight excluding hydrogens is 350 g/mol. The van der Waals surface area contributed by atoms with E-state index in [-0.39, 0.29) is 11.8 Å². The van der Waals surface area contributed by atoms with Crippen molar-refractivity contribution in [2.45, 2.75) is 25.2 Å². The van der Waals surface area contributed by atoms with E-state index in [0.717, 1.165) is 44.2 Å². The van der Waals surface area contributed by atoms with Crippen LogP contribution < -0.4 is 10.2 Å². The van der Waals surface area contributed by atoms with Gasteiger partial charge in [-0.3, -0.25) is 14.4 Å². The highest BCUT2D eigenvalue weighted by Crippen LogP contribution is 2.47. The average Bonchev–Trinajstić information content (AvgIpc) is 3.62. The van der Waals surface area contributed by atoms with E-state index in [1.54, 1.807) is 4.68 Å². The molecule has 1 aromatic carbocycles. The summed E-state index contributed by atoms with van der Waals surface area (Å²) in [6.45, 7) is 5.69. The minimum Gasteiger partial charge on any atom is -0.369 e. The molecule has 2 aromatic rings. The lowest BCUT2D eigenvalue weighted by Gasteiger charge is -2.36. The second kappa shape index (κ2) is 7.24. The number of nitrogens with zero attached hydrogens (tertiary/aromatic N) is 4. The molecule has 28 heavy (non-hydrogen) atoms. The number of carbonyl (C=O) groups excluding carboxylic acids is 1. The van der Waals surface area contributed by atoms with E-state index < -0.39 is 0 Å². The van der Waals surface area contributed by atoms with Gasteiger partial charge in [0, 0.05) is 63.3 Å². The molecule has 6 nitrogen and oxygen atoms in total. The van der Waals surface area contributed by atoms with Gasteiger partial charge < -0.3 is 10.2 Å². The van der Waals surface area contributed by atoms with Gasteiger partial charge >= 0.3 is 0 Å². The van der Waals surface area contributed by atoms with Gasteiger partial charge in [-0.15, -0.1) is 0 Å². The summed E-state index contributed by atoms with van der Waals surface area (Å²) in [4.78, 5) is 17.7. The number of aromatic nitrogens is 2. The van der Waals surface area contributed by atoms with Crippen molar-refractivity contribution in [2.24, 2.45) is 18.9 Å². The van der Waals surface area contributed by atoms with E-state index in [4.69, 9.17) is 0 Å². The van der Waals surface area contributed by atoms with E-state index in [9.17, 15) is 4.79 Å². The summed E-state index contributed by atoms with van der Waals surface area (Å²) in [5, 5.41) is 7.35. The van der Waals surface area contributed by atoms with E-state index in [1.807, 2.05) is 31.6 Å². The Labute approximate surface area is 166 Å². The number of nitrogens with one attached hydrogen (secondary N) is 1. The molecule has 0 bridgehead atoms. The first-order valence-electron chi connectivity index (χ1n) is 10.5. The standard InChI is InChI=1S/C22H29N5O/c1-25-15-17(13-23-25)20-12-21(20)22(28)24-18-3-2-4-19(11-18)27-9-7-26(8-10-27)14-16-5-6-16/h2-4,11,13,15-16,20-21H,5-10,12,14H2,1H3,(H,24,28). The van der Waals surface area contributed by atoms with E-state index >= 15 is 0 Å². The van der Waals surface area contributed by atoms with Gasteiger partial charge in [-0.25, -0.2) is 0 Å². The third kappa shape index (κ3) is 3.92. The summed E-state index contributed by atoms with van der Waals surface area (Å²) in [5.74, 6) is 1.47. The molecule has 6 heteroatoms. The van der Waals surface area contributed by atoms with Crippen LogP contribution in [0.5, 0.6) is 0 Å². The predicted molar refractivity (Wildman–Crippen MR) is 111 cm³/mol. The summed E-state index contributed by atoms with van der Waals surface area (Å²) in [5.41, 5.74) is 3.28. The molecule has 3 aliphatic rings. The lowest BCUT2D eigenvalue weighted by atomic mass is 10.2. The van der Waals surface area contributed by atoms with Gasteiger partial charge in [0.15, 0.2) is 0 Å². The Morgan fingerprint density at radius 2 is 2.04 bits per heavy atom. The highest BCUT2D eigenvalue weighted by molar-refractivity contribution is 5.95. The number of amides is 1. The van der Waals surface area contributed by atoms with Crippen LogP contribution in [-0.4, -0.2) is 53.3 Å². The van der Waals surface area contributed by atoms with Crippen LogP contribution in [0.3, 0.4) is 0 Å². The second-order valence-electron chi connectivity index (χ2n) is 8.67. The minimum atomic E-state index is 0.0684. The number of piperazine rings is 1. The van der Waals surface area contributed by atoms with Crippen molar-refractivity contribution in [1.82, 2.24) is 14.7 Å². The molecule has 2 unspecified atom stereocenters. The number of carbonyl (C=O) groups is 1. The van der Waals surface area contributed by atoms with Crippen molar-refractivity contribution in [3.8, 4) is 0 Å². The number of hydrogen-bond acceptors (Lipinski definition) is 4. The summed E-state index contributed by atoms with van der Waals surface area (Å²) >= 11 is 0. The Balaban J connectivity index is 1.16. The fraction of sp³-hybridized carbons (Fsp3) is 0.545. The largest absolute Gasteiger partial charge is 0.369 e. The van der Waals surface area contributed by atoms with Crippen molar-refractivity contribution in [1.29, 1.82) is 0 Å². The monoisotopic (exact) mass is 379 g/mol. The molecule has 2 saturated carbocycles. The fourth-order valence-electron chi connectivity index (χ4n) is 4.35. The third-order valence-corrected chi connectivity index (χ3v) is 6.34. The highest BCUT2D eigenvalue weighted by Gasteiger charge is 2.44. The lowest BCUT2D eigenvalue weighted by molar-refractivity contribution is -0.117. The van der Waals surface area contributed by atoms with E-state index in [0.29, 0.717) is 5.92 Å². The average molecular weight is 380 g/mol. The molecule has 148 valence electrons. The molecule has 0 spiro atoms. The number of rotatable bonds is 6. The molecule has 0 radical (unpaired) electrons. The SMILES string of the molecule is Cn1cc(C2CC2C(=O)Nc2cccc(N3CCN(CC4CC4)CC3)c2)cn1. The quantitative estimate of drug-likeness (QED) is 0.838. The maximum atomic E-state index is 12.6. The topological polar surface area (TPSA) is 53.4 Å². The van der Waals surface area contributed by atoms with Gasteiger partial charge in [-0.2, -0.15) is 5.10 Å². The van der Waals surface area contributed by atoms with Crippen molar-refractivity contribution >= 4 is 17.3 Å². The molecule has 1 saturated heterocycles. The van der Waals surface area contributed by atoms with Crippen molar-refractivity contribution < 1.29 is 4.79 Å². The first-order chi connectivity index (χ1) is 13.7. The third-order valence-electron chi connectivity index (χ3n) is 6.34. The predicted octanol–water partition coefficient (Wildman–Crippen LogP) is 2.69. The summed E-state index contributed by atoms with van der Waals surface area (Å²) < 4.78 is 1.80. The molecule has 1 aromatic heterocycles. The molecule has 2 atom stereocenters. The van der Waals surface area contributed by atoms with Crippen molar-refractivity contribution in [3.63, 3.8) is 0 Å². The molecule has 5 rings (SSSR count). The van der Waals surface area contributed by atoms with Crippen LogP contribution in [0.2, 0.25) is 0 Å². The zero-order chi connectivity index (χ0) is 19.1. The van der Waals surface area contributed by atoms with Gasteiger partial charge in [-0.1, -0.05) is 6.07 Å². The first-order valence-corrected chi connectivity index (χ1v) is 10.5. The van der Waals surface area contributed by atoms with E-state index in [2.05, 4.69) is 32.3 Å². The molecular formula is C22H29N5O. The van der Waals surface area contributed by atoms with Gasteiger partial charge in [-0.05, 0) is 54.9 Å². The van der Waals surface area contributed by atoms with Gasteiger partial charge in [0.1, 0.15) is 0 Å². The lowest BCUT2D eigenvalue weighted by Crippen LogP contribution is -2.47. The molecule has 2 aliphatic carbocycles. The number of hydrogen-bond donors (Lipinski definition) is 1. The summed E-state index contributed by atoms with van der Waals surface area (Å²) in [7, 11) is 1.91. The van der Waals surface area contributed by atoms with Crippen LogP contribution >= 0.6 is 0 Å². The minimum absolute atomic E-state index is 0.0684. The zero-order valence-corrected chi connectivity index (χ0v) is 16.6. The van der Waals surface area contributed by atoms with Crippen LogP contribution in [0, 0.1) is 11.8 Å². The Hall–Kier alpha value is -2.34. The molecule has 2 heterocycles. The molecule has 1 aliphatic heterocycles. The first kappa shape index (κ1) is 17.7. The fourth-order valence-corrected chi connectivity index (χ4v) is 4.35. The van der Waals surface area contributed by atoms with Crippen molar-refractivity contribution in [3.05, 3.63) is 42.2 Å². The Bertz CT molecular complexity index is 850. The van der Waals surface area contributed by atoms with Crippen molar-refractivity contribution in [2.75, 3.05) is 42.9 Å². The van der Waals surface area contributed by atoms with Gasteiger partial charge in [0.25, 0.3) is 0 Å². The number of anilines is 2. The smallest absolute Gasteiger partial charge is 0.228 e. The second-order valence-corrected chi connectivity index (χ2v) is 8.67. The molecule has 1 N–H and O–H groups in total. The Morgan fingerprint density at radius 1 is 1.21 bits per heavy atom. The summed E-state index contributed by atoms with van der Waals surface area (Å²) in [6.07, 6.45) is 7.65. The zero-order valence-electron chi connectivity index (χ0n) is 16.6. The van der Waals surface area contributed by atoms with Crippen LogP contribution in [0.1, 0.15) is 30.7 Å². The van der Waals surface area contributed by atoms with Crippen LogP contribution in [-0.2, 0) is 11.8 Å². The van der Waals surface area contributed by atoms with Crippen LogP contribution in [0.15, 0.2) is 36.7 Å². The molecule has 3 fully saturated rings. The number of aryl methyl sites for hydroxylation is 1.